The van der Waals surface area contributed by atoms with E-state index in [0.29, 0.717) is 5.69 Å². The van der Waals surface area contributed by atoms with Gasteiger partial charge in [-0.2, -0.15) is 0 Å². The van der Waals surface area contributed by atoms with Crippen LogP contribution < -0.4 is 0 Å². The topological polar surface area (TPSA) is 34.9 Å². The number of benzene rings is 2. The molecule has 4 aromatic rings. The fourth-order valence-corrected chi connectivity index (χ4v) is 3.79. The van der Waals surface area contributed by atoms with Gasteiger partial charge < -0.3 is 0 Å². The molecule has 118 valence electrons. The van der Waals surface area contributed by atoms with Crippen LogP contribution >= 0.6 is 11.3 Å². The van der Waals surface area contributed by atoms with Crippen LogP contribution in [0.2, 0.25) is 0 Å². The van der Waals surface area contributed by atoms with E-state index in [1.807, 2.05) is 60.8 Å². The standard InChI is InChI=1S/C20H16N2OS/c1-13-14(2)22(18-11-7-6-10-16(13)18)20(23)17-12-24-19(21-17)15-8-4-3-5-9-15/h3-12H,1-2H3. The molecule has 0 unspecified atom stereocenters. The van der Waals surface area contributed by atoms with Gasteiger partial charge in [0.1, 0.15) is 10.7 Å². The summed E-state index contributed by atoms with van der Waals surface area (Å²) in [6, 6.07) is 17.9. The Labute approximate surface area is 144 Å². The first-order chi connectivity index (χ1) is 11.7. The van der Waals surface area contributed by atoms with Crippen LogP contribution in [0.5, 0.6) is 0 Å². The highest BCUT2D eigenvalue weighted by Gasteiger charge is 2.20. The van der Waals surface area contributed by atoms with Crippen LogP contribution in [0, 0.1) is 13.8 Å². The van der Waals surface area contributed by atoms with Crippen molar-refractivity contribution in [2.24, 2.45) is 0 Å². The normalized spacial score (nSPS) is 11.1. The molecule has 0 bridgehead atoms. The lowest BCUT2D eigenvalue weighted by molar-refractivity contribution is 0.0959. The molecule has 0 saturated carbocycles. The Hall–Kier alpha value is -2.72. The van der Waals surface area contributed by atoms with Crippen LogP contribution in [0.15, 0.2) is 60.0 Å². The number of fused-ring (bicyclic) bond motifs is 1. The number of aromatic nitrogens is 2. The molecule has 24 heavy (non-hydrogen) atoms. The molecule has 4 heteroatoms. The minimum atomic E-state index is -0.0739. The molecule has 0 spiro atoms. The average molecular weight is 332 g/mol. The third kappa shape index (κ3) is 2.27. The third-order valence-corrected chi connectivity index (χ3v) is 5.27. The number of thiazole rings is 1. The van der Waals surface area contributed by atoms with Gasteiger partial charge in [0, 0.05) is 22.0 Å². The quantitative estimate of drug-likeness (QED) is 0.513. The SMILES string of the molecule is Cc1c(C)n(C(=O)c2csc(-c3ccccc3)n2)c2ccccc12. The van der Waals surface area contributed by atoms with Gasteiger partial charge in [0.25, 0.3) is 5.91 Å². The lowest BCUT2D eigenvalue weighted by atomic mass is 10.2. The molecule has 0 radical (unpaired) electrons. The van der Waals surface area contributed by atoms with E-state index in [2.05, 4.69) is 18.0 Å². The molecule has 0 fully saturated rings. The fraction of sp³-hybridized carbons (Fsp3) is 0.100. The summed E-state index contributed by atoms with van der Waals surface area (Å²) in [5.74, 6) is -0.0739. The van der Waals surface area contributed by atoms with E-state index < -0.39 is 0 Å². The van der Waals surface area contributed by atoms with Gasteiger partial charge in [0.15, 0.2) is 0 Å². The number of hydrogen-bond donors (Lipinski definition) is 0. The third-order valence-electron chi connectivity index (χ3n) is 4.37. The van der Waals surface area contributed by atoms with Gasteiger partial charge in [-0.15, -0.1) is 11.3 Å². The van der Waals surface area contributed by atoms with Gasteiger partial charge in [-0.25, -0.2) is 4.98 Å². The zero-order valence-corrected chi connectivity index (χ0v) is 14.3. The second kappa shape index (κ2) is 5.73. The van der Waals surface area contributed by atoms with Crippen LogP contribution in [-0.4, -0.2) is 15.5 Å². The van der Waals surface area contributed by atoms with Crippen molar-refractivity contribution in [3.8, 4) is 10.6 Å². The molecule has 0 aliphatic carbocycles. The highest BCUT2D eigenvalue weighted by Crippen LogP contribution is 2.28. The molecule has 2 aromatic heterocycles. The maximum atomic E-state index is 13.0. The molecular weight excluding hydrogens is 316 g/mol. The second-order valence-corrected chi connectivity index (χ2v) is 6.63. The van der Waals surface area contributed by atoms with E-state index in [-0.39, 0.29) is 5.91 Å². The molecule has 0 amide bonds. The lowest BCUT2D eigenvalue weighted by Gasteiger charge is -2.04. The number of para-hydroxylation sites is 1. The summed E-state index contributed by atoms with van der Waals surface area (Å²) in [5.41, 5.74) is 4.56. The first-order valence-electron chi connectivity index (χ1n) is 7.79. The summed E-state index contributed by atoms with van der Waals surface area (Å²) in [6.07, 6.45) is 0. The Morgan fingerprint density at radius 2 is 1.71 bits per heavy atom. The average Bonchev–Trinajstić information content (AvgIpc) is 3.20. The van der Waals surface area contributed by atoms with Crippen LogP contribution in [-0.2, 0) is 0 Å². The summed E-state index contributed by atoms with van der Waals surface area (Å²) < 4.78 is 1.77. The van der Waals surface area contributed by atoms with Crippen molar-refractivity contribution in [3.63, 3.8) is 0 Å². The molecule has 0 aliphatic rings. The van der Waals surface area contributed by atoms with Crippen LogP contribution in [0.4, 0.5) is 0 Å². The monoisotopic (exact) mass is 332 g/mol. The van der Waals surface area contributed by atoms with Crippen LogP contribution in [0.1, 0.15) is 21.7 Å². The maximum absolute atomic E-state index is 13.0. The maximum Gasteiger partial charge on any atom is 0.282 e. The van der Waals surface area contributed by atoms with Gasteiger partial charge in [-0.05, 0) is 25.5 Å². The predicted molar refractivity (Wildman–Crippen MR) is 98.7 cm³/mol. The number of aryl methyl sites for hydroxylation is 1. The first-order valence-corrected chi connectivity index (χ1v) is 8.67. The molecule has 0 saturated heterocycles. The van der Waals surface area contributed by atoms with E-state index >= 15 is 0 Å². The minimum absolute atomic E-state index is 0.0739. The van der Waals surface area contributed by atoms with E-state index in [4.69, 9.17) is 0 Å². The molecular formula is C20H16N2OS. The van der Waals surface area contributed by atoms with Gasteiger partial charge >= 0.3 is 0 Å². The molecule has 0 atom stereocenters. The summed E-state index contributed by atoms with van der Waals surface area (Å²) in [4.78, 5) is 17.6. The Morgan fingerprint density at radius 1 is 1.00 bits per heavy atom. The van der Waals surface area contributed by atoms with Gasteiger partial charge in [0.2, 0.25) is 0 Å². The first kappa shape index (κ1) is 14.8. The van der Waals surface area contributed by atoms with E-state index in [1.54, 1.807) is 4.57 Å². The highest BCUT2D eigenvalue weighted by molar-refractivity contribution is 7.13. The van der Waals surface area contributed by atoms with Crippen molar-refractivity contribution in [2.75, 3.05) is 0 Å². The summed E-state index contributed by atoms with van der Waals surface area (Å²) >= 11 is 1.50. The van der Waals surface area contributed by atoms with Crippen molar-refractivity contribution in [2.45, 2.75) is 13.8 Å². The zero-order valence-electron chi connectivity index (χ0n) is 13.5. The number of hydrogen-bond acceptors (Lipinski definition) is 3. The van der Waals surface area contributed by atoms with Crippen LogP contribution in [0.3, 0.4) is 0 Å². The molecule has 0 N–H and O–H groups in total. The number of nitrogens with zero attached hydrogens (tertiary/aromatic N) is 2. The molecule has 0 aliphatic heterocycles. The van der Waals surface area contributed by atoms with E-state index in [9.17, 15) is 4.79 Å². The summed E-state index contributed by atoms with van der Waals surface area (Å²) in [5, 5.41) is 3.82. The molecule has 2 heterocycles. The molecule has 3 nitrogen and oxygen atoms in total. The minimum Gasteiger partial charge on any atom is -0.279 e. The second-order valence-electron chi connectivity index (χ2n) is 5.77. The van der Waals surface area contributed by atoms with Gasteiger partial charge in [-0.3, -0.25) is 9.36 Å². The Morgan fingerprint density at radius 3 is 2.50 bits per heavy atom. The Bertz CT molecular complexity index is 1040. The smallest absolute Gasteiger partial charge is 0.279 e. The largest absolute Gasteiger partial charge is 0.282 e. The predicted octanol–water partition coefficient (Wildman–Crippen LogP) is 5.07. The molecule has 4 rings (SSSR count). The Kier molecular flexibility index (Phi) is 3.54. The van der Waals surface area contributed by atoms with Crippen molar-refractivity contribution in [1.82, 2.24) is 9.55 Å². The highest BCUT2D eigenvalue weighted by atomic mass is 32.1. The van der Waals surface area contributed by atoms with Gasteiger partial charge in [0.05, 0.1) is 5.52 Å². The summed E-state index contributed by atoms with van der Waals surface area (Å²) in [7, 11) is 0. The van der Waals surface area contributed by atoms with E-state index in [1.165, 1.54) is 11.3 Å². The van der Waals surface area contributed by atoms with Crippen molar-refractivity contribution < 1.29 is 4.79 Å². The Balaban J connectivity index is 1.81. The summed E-state index contributed by atoms with van der Waals surface area (Å²) in [6.45, 7) is 4.04. The van der Waals surface area contributed by atoms with E-state index in [0.717, 1.165) is 32.7 Å². The van der Waals surface area contributed by atoms with Crippen molar-refractivity contribution >= 4 is 28.1 Å². The molecule has 2 aromatic carbocycles. The lowest BCUT2D eigenvalue weighted by Crippen LogP contribution is -2.13. The van der Waals surface area contributed by atoms with Crippen molar-refractivity contribution in [3.05, 3.63) is 76.9 Å². The fourth-order valence-electron chi connectivity index (χ4n) is 2.99. The van der Waals surface area contributed by atoms with Crippen LogP contribution in [0.25, 0.3) is 21.5 Å². The number of rotatable bonds is 2. The number of carbonyl (C=O) groups excluding carboxylic acids is 1. The van der Waals surface area contributed by atoms with Crippen molar-refractivity contribution in [1.29, 1.82) is 0 Å². The zero-order chi connectivity index (χ0) is 16.7. The number of carbonyl (C=O) groups is 1. The van der Waals surface area contributed by atoms with Gasteiger partial charge in [-0.1, -0.05) is 48.5 Å².